The number of carbonyl (C=O) groups excluding carboxylic acids is 1. The van der Waals surface area contributed by atoms with E-state index in [1.54, 1.807) is 11.5 Å². The van der Waals surface area contributed by atoms with Crippen LogP contribution in [-0.2, 0) is 16.0 Å². The number of hydrazine groups is 1. The number of carboxylic acids is 1. The zero-order valence-electron chi connectivity index (χ0n) is 10.1. The minimum atomic E-state index is -1.58. The molecule has 5 nitrogen and oxygen atoms in total. The van der Waals surface area contributed by atoms with E-state index in [1.807, 2.05) is 35.8 Å². The van der Waals surface area contributed by atoms with Gasteiger partial charge in [0.2, 0.25) is 4.75 Å². The van der Waals surface area contributed by atoms with Gasteiger partial charge in [0.25, 0.3) is 5.91 Å². The molecule has 0 aromatic heterocycles. The predicted molar refractivity (Wildman–Crippen MR) is 73.1 cm³/mol. The summed E-state index contributed by atoms with van der Waals surface area (Å²) in [5, 5.41) is 11.1. The molecule has 0 saturated carbocycles. The van der Waals surface area contributed by atoms with Crippen LogP contribution in [0.5, 0.6) is 0 Å². The molecule has 100 valence electrons. The summed E-state index contributed by atoms with van der Waals surface area (Å²) in [6.45, 7) is 0. The number of carbonyl (C=O) groups is 2. The van der Waals surface area contributed by atoms with Gasteiger partial charge in [0.1, 0.15) is 0 Å². The van der Waals surface area contributed by atoms with Crippen molar-refractivity contribution in [3.05, 3.63) is 47.4 Å². The Hall–Kier alpha value is -1.79. The summed E-state index contributed by atoms with van der Waals surface area (Å²) in [5.41, 5.74) is 2.95. The molecule has 1 aromatic carbocycles. The molecule has 1 heterocycles. The van der Waals surface area contributed by atoms with Gasteiger partial charge in [-0.25, -0.2) is 5.84 Å². The number of aliphatic carboxylic acids is 1. The fourth-order valence-corrected chi connectivity index (χ4v) is 3.27. The Morgan fingerprint density at radius 1 is 1.37 bits per heavy atom. The van der Waals surface area contributed by atoms with Crippen LogP contribution in [0.15, 0.2) is 41.8 Å². The van der Waals surface area contributed by atoms with Crippen LogP contribution in [0.2, 0.25) is 0 Å². The lowest BCUT2D eigenvalue weighted by atomic mass is 9.85. The number of carboxylic acid groups (broad SMARTS) is 1. The average Bonchev–Trinajstić information content (AvgIpc) is 2.83. The second-order valence-corrected chi connectivity index (χ2v) is 5.41. The Morgan fingerprint density at radius 3 is 2.63 bits per heavy atom. The van der Waals surface area contributed by atoms with Gasteiger partial charge in [-0.15, -0.1) is 11.8 Å². The maximum atomic E-state index is 11.9. The van der Waals surface area contributed by atoms with Crippen molar-refractivity contribution in [1.82, 2.24) is 5.43 Å². The lowest BCUT2D eigenvalue weighted by Gasteiger charge is -2.28. The van der Waals surface area contributed by atoms with Crippen molar-refractivity contribution < 1.29 is 14.7 Å². The predicted octanol–water partition coefficient (Wildman–Crippen LogP) is 0.919. The molecule has 2 atom stereocenters. The van der Waals surface area contributed by atoms with Crippen LogP contribution in [0.1, 0.15) is 5.56 Å². The normalized spacial score (nSPS) is 25.2. The standard InChI is InChI=1S/C13H14N2O3S/c14-15-11(16)13(12(17)18)10(6-7-19-13)8-9-4-2-1-3-5-9/h1-7,10H,8,14H2,(H,15,16)(H,17,18)/t10-,13+/m0/s1. The monoisotopic (exact) mass is 278 g/mol. The highest BCUT2D eigenvalue weighted by molar-refractivity contribution is 8.05. The fraction of sp³-hybridized carbons (Fsp3) is 0.231. The summed E-state index contributed by atoms with van der Waals surface area (Å²) in [6.07, 6.45) is 2.23. The van der Waals surface area contributed by atoms with E-state index in [0.717, 1.165) is 17.3 Å². The molecule has 0 spiro atoms. The van der Waals surface area contributed by atoms with Crippen LogP contribution >= 0.6 is 11.8 Å². The third-order valence-electron chi connectivity index (χ3n) is 3.17. The summed E-state index contributed by atoms with van der Waals surface area (Å²) in [7, 11) is 0. The van der Waals surface area contributed by atoms with Crippen molar-refractivity contribution in [1.29, 1.82) is 0 Å². The first-order valence-corrected chi connectivity index (χ1v) is 6.62. The van der Waals surface area contributed by atoms with Crippen molar-refractivity contribution >= 4 is 23.6 Å². The third kappa shape index (κ3) is 2.36. The lowest BCUT2D eigenvalue weighted by Crippen LogP contribution is -2.55. The molecule has 0 unspecified atom stereocenters. The second kappa shape index (κ2) is 5.46. The maximum absolute atomic E-state index is 11.9. The largest absolute Gasteiger partial charge is 0.480 e. The highest BCUT2D eigenvalue weighted by Gasteiger charge is 2.54. The Kier molecular flexibility index (Phi) is 3.92. The van der Waals surface area contributed by atoms with Crippen LogP contribution in [0.3, 0.4) is 0 Å². The van der Waals surface area contributed by atoms with Gasteiger partial charge in [0, 0.05) is 5.92 Å². The van der Waals surface area contributed by atoms with Gasteiger partial charge >= 0.3 is 5.97 Å². The minimum absolute atomic E-state index is 0.430. The first-order valence-electron chi connectivity index (χ1n) is 5.74. The molecule has 2 rings (SSSR count). The van der Waals surface area contributed by atoms with Crippen LogP contribution in [0, 0.1) is 5.92 Å². The SMILES string of the molecule is NNC(=O)[C@]1(C(=O)O)SC=C[C@H]1Cc1ccccc1. The number of nitrogens with one attached hydrogen (secondary N) is 1. The number of rotatable bonds is 4. The molecule has 0 bridgehead atoms. The number of amides is 1. The van der Waals surface area contributed by atoms with Gasteiger partial charge < -0.3 is 5.11 Å². The molecule has 1 aromatic rings. The van der Waals surface area contributed by atoms with Crippen molar-refractivity contribution in [2.24, 2.45) is 11.8 Å². The molecular weight excluding hydrogens is 264 g/mol. The van der Waals surface area contributed by atoms with Crippen molar-refractivity contribution in [2.45, 2.75) is 11.2 Å². The van der Waals surface area contributed by atoms with Gasteiger partial charge in [0.05, 0.1) is 0 Å². The van der Waals surface area contributed by atoms with Gasteiger partial charge in [-0.05, 0) is 17.4 Å². The first-order chi connectivity index (χ1) is 9.11. The summed E-state index contributed by atoms with van der Waals surface area (Å²) in [6, 6.07) is 9.46. The van der Waals surface area contributed by atoms with Crippen LogP contribution in [0.4, 0.5) is 0 Å². The summed E-state index contributed by atoms with van der Waals surface area (Å²) in [5.74, 6) is 2.84. The Morgan fingerprint density at radius 2 is 2.05 bits per heavy atom. The maximum Gasteiger partial charge on any atom is 0.330 e. The smallest absolute Gasteiger partial charge is 0.330 e. The molecule has 0 radical (unpaired) electrons. The molecule has 4 N–H and O–H groups in total. The molecule has 19 heavy (non-hydrogen) atoms. The molecule has 1 amide bonds. The number of benzene rings is 1. The lowest BCUT2D eigenvalue weighted by molar-refractivity contribution is -0.145. The van der Waals surface area contributed by atoms with Crippen LogP contribution < -0.4 is 11.3 Å². The third-order valence-corrected chi connectivity index (χ3v) is 4.50. The Balaban J connectivity index is 2.30. The highest BCUT2D eigenvalue weighted by atomic mass is 32.2. The van der Waals surface area contributed by atoms with Crippen LogP contribution in [-0.4, -0.2) is 21.7 Å². The number of thioether (sulfide) groups is 1. The quantitative estimate of drug-likeness (QED) is 0.329. The molecule has 0 fully saturated rings. The van der Waals surface area contributed by atoms with E-state index in [0.29, 0.717) is 6.42 Å². The van der Waals surface area contributed by atoms with Crippen molar-refractivity contribution in [3.8, 4) is 0 Å². The van der Waals surface area contributed by atoms with Crippen molar-refractivity contribution in [2.75, 3.05) is 0 Å². The molecule has 1 aliphatic heterocycles. The van der Waals surface area contributed by atoms with Crippen LogP contribution in [0.25, 0.3) is 0 Å². The number of hydrogen-bond donors (Lipinski definition) is 3. The highest BCUT2D eigenvalue weighted by Crippen LogP contribution is 2.43. The summed E-state index contributed by atoms with van der Waals surface area (Å²) < 4.78 is -1.58. The summed E-state index contributed by atoms with van der Waals surface area (Å²) >= 11 is 0.986. The first kappa shape index (κ1) is 13.6. The second-order valence-electron chi connectivity index (χ2n) is 4.26. The van der Waals surface area contributed by atoms with E-state index in [2.05, 4.69) is 0 Å². The zero-order valence-corrected chi connectivity index (χ0v) is 10.9. The Labute approximate surface area is 114 Å². The Bertz CT molecular complexity index is 518. The number of allylic oxidation sites excluding steroid dienone is 1. The fourth-order valence-electron chi connectivity index (χ4n) is 2.18. The van der Waals surface area contributed by atoms with E-state index < -0.39 is 22.5 Å². The number of nitrogens with two attached hydrogens (primary N) is 1. The topological polar surface area (TPSA) is 92.4 Å². The van der Waals surface area contributed by atoms with Gasteiger partial charge in [-0.1, -0.05) is 36.4 Å². The molecule has 0 saturated heterocycles. The average molecular weight is 278 g/mol. The number of hydrogen-bond acceptors (Lipinski definition) is 4. The van der Waals surface area contributed by atoms with Crippen molar-refractivity contribution in [3.63, 3.8) is 0 Å². The minimum Gasteiger partial charge on any atom is -0.480 e. The van der Waals surface area contributed by atoms with E-state index in [-0.39, 0.29) is 0 Å². The molecule has 0 aliphatic carbocycles. The zero-order chi connectivity index (χ0) is 13.9. The molecule has 1 aliphatic rings. The molecular formula is C13H14N2O3S. The van der Waals surface area contributed by atoms with E-state index in [9.17, 15) is 14.7 Å². The van der Waals surface area contributed by atoms with Gasteiger partial charge in [-0.3, -0.25) is 15.0 Å². The molecule has 6 heteroatoms. The van der Waals surface area contributed by atoms with Gasteiger partial charge in [0.15, 0.2) is 0 Å². The van der Waals surface area contributed by atoms with E-state index >= 15 is 0 Å². The van der Waals surface area contributed by atoms with E-state index in [1.165, 1.54) is 0 Å². The van der Waals surface area contributed by atoms with Gasteiger partial charge in [-0.2, -0.15) is 0 Å². The summed E-state index contributed by atoms with van der Waals surface area (Å²) in [4.78, 5) is 23.4. The van der Waals surface area contributed by atoms with E-state index in [4.69, 9.17) is 5.84 Å².